The molecule has 2 N–H and O–H groups in total. The number of pyridine rings is 1. The Balaban J connectivity index is 1.98. The fraction of sp³-hybridized carbons (Fsp3) is 0.333. The molecular formula is C15H18N2O. The number of fused-ring (bicyclic) bond motifs is 1. The Kier molecular flexibility index (Phi) is 3.92. The van der Waals surface area contributed by atoms with Crippen molar-refractivity contribution in [2.24, 2.45) is 11.7 Å². The van der Waals surface area contributed by atoms with Crippen molar-refractivity contribution in [3.05, 3.63) is 42.1 Å². The van der Waals surface area contributed by atoms with Gasteiger partial charge in [0.1, 0.15) is 0 Å². The summed E-state index contributed by atoms with van der Waals surface area (Å²) in [4.78, 5) is 15.5. The summed E-state index contributed by atoms with van der Waals surface area (Å²) in [5, 5.41) is 1.16. The number of para-hydroxylation sites is 1. The lowest BCUT2D eigenvalue weighted by Crippen LogP contribution is -2.20. The quantitative estimate of drug-likeness (QED) is 0.876. The molecule has 1 atom stereocenters. The molecule has 0 aliphatic carbocycles. The normalized spacial score (nSPS) is 12.5. The zero-order valence-corrected chi connectivity index (χ0v) is 10.6. The number of hydrogen-bond donors (Lipinski definition) is 1. The maximum Gasteiger partial charge on any atom is 0.220 e. The molecule has 1 unspecified atom stereocenters. The molecule has 2 rings (SSSR count). The Hall–Kier alpha value is -1.90. The number of aryl methyl sites for hydroxylation is 1. The number of primary amides is 1. The van der Waals surface area contributed by atoms with Crippen molar-refractivity contribution in [2.75, 3.05) is 0 Å². The van der Waals surface area contributed by atoms with E-state index in [9.17, 15) is 4.79 Å². The molecule has 3 nitrogen and oxygen atoms in total. The van der Waals surface area contributed by atoms with Crippen LogP contribution < -0.4 is 5.73 Å². The number of carbonyl (C=O) groups is 1. The molecule has 0 fully saturated rings. The Morgan fingerprint density at radius 2 is 2.06 bits per heavy atom. The van der Waals surface area contributed by atoms with Crippen molar-refractivity contribution in [1.29, 1.82) is 0 Å². The fourth-order valence-electron chi connectivity index (χ4n) is 1.98. The first-order chi connectivity index (χ1) is 8.66. The van der Waals surface area contributed by atoms with E-state index in [1.54, 1.807) is 0 Å². The monoisotopic (exact) mass is 242 g/mol. The number of benzene rings is 1. The first-order valence-electron chi connectivity index (χ1n) is 6.31. The lowest BCUT2D eigenvalue weighted by molar-refractivity contribution is -0.121. The second-order valence-electron chi connectivity index (χ2n) is 4.69. The van der Waals surface area contributed by atoms with Gasteiger partial charge in [-0.2, -0.15) is 0 Å². The molecule has 1 aromatic carbocycles. The SMILES string of the molecule is CC(CCCc1ccc2ccccc2n1)C(N)=O. The zero-order valence-electron chi connectivity index (χ0n) is 10.6. The number of hydrogen-bond acceptors (Lipinski definition) is 2. The summed E-state index contributed by atoms with van der Waals surface area (Å²) in [6.45, 7) is 1.87. The van der Waals surface area contributed by atoms with E-state index in [2.05, 4.69) is 23.2 Å². The average Bonchev–Trinajstić information content (AvgIpc) is 2.38. The van der Waals surface area contributed by atoms with Gasteiger partial charge in [-0.05, 0) is 31.4 Å². The highest BCUT2D eigenvalue weighted by molar-refractivity contribution is 5.78. The van der Waals surface area contributed by atoms with Crippen LogP contribution in [0.15, 0.2) is 36.4 Å². The minimum absolute atomic E-state index is 0.0505. The van der Waals surface area contributed by atoms with E-state index in [0.29, 0.717) is 0 Å². The van der Waals surface area contributed by atoms with Gasteiger partial charge in [0.2, 0.25) is 5.91 Å². The molecule has 1 heterocycles. The summed E-state index contributed by atoms with van der Waals surface area (Å²) in [6.07, 6.45) is 2.65. The van der Waals surface area contributed by atoms with Crippen molar-refractivity contribution in [3.63, 3.8) is 0 Å². The summed E-state index contributed by atoms with van der Waals surface area (Å²) in [5.74, 6) is -0.271. The number of carbonyl (C=O) groups excluding carboxylic acids is 1. The van der Waals surface area contributed by atoms with Crippen molar-refractivity contribution < 1.29 is 4.79 Å². The molecule has 0 saturated heterocycles. The van der Waals surface area contributed by atoms with Gasteiger partial charge >= 0.3 is 0 Å². The first-order valence-corrected chi connectivity index (χ1v) is 6.31. The van der Waals surface area contributed by atoms with E-state index >= 15 is 0 Å². The first kappa shape index (κ1) is 12.6. The van der Waals surface area contributed by atoms with E-state index in [4.69, 9.17) is 5.73 Å². The van der Waals surface area contributed by atoms with E-state index in [1.165, 1.54) is 0 Å². The minimum Gasteiger partial charge on any atom is -0.369 e. The van der Waals surface area contributed by atoms with Gasteiger partial charge in [-0.3, -0.25) is 9.78 Å². The third-order valence-electron chi connectivity index (χ3n) is 3.21. The summed E-state index contributed by atoms with van der Waals surface area (Å²) in [6, 6.07) is 12.2. The molecule has 0 saturated carbocycles. The Morgan fingerprint density at radius 3 is 2.83 bits per heavy atom. The topological polar surface area (TPSA) is 56.0 Å². The number of nitrogens with two attached hydrogens (primary N) is 1. The van der Waals surface area contributed by atoms with E-state index < -0.39 is 0 Å². The largest absolute Gasteiger partial charge is 0.369 e. The highest BCUT2D eigenvalue weighted by Gasteiger charge is 2.08. The molecule has 0 aliphatic heterocycles. The summed E-state index contributed by atoms with van der Waals surface area (Å²) in [7, 11) is 0. The highest BCUT2D eigenvalue weighted by Crippen LogP contribution is 2.14. The smallest absolute Gasteiger partial charge is 0.220 e. The zero-order chi connectivity index (χ0) is 13.0. The number of amides is 1. The van der Waals surface area contributed by atoms with Gasteiger partial charge in [0.05, 0.1) is 5.52 Å². The summed E-state index contributed by atoms with van der Waals surface area (Å²) < 4.78 is 0. The van der Waals surface area contributed by atoms with E-state index in [0.717, 1.165) is 35.9 Å². The molecular weight excluding hydrogens is 224 g/mol. The van der Waals surface area contributed by atoms with Gasteiger partial charge in [0.15, 0.2) is 0 Å². The number of nitrogens with zero attached hydrogens (tertiary/aromatic N) is 1. The van der Waals surface area contributed by atoms with Crippen LogP contribution in [0.2, 0.25) is 0 Å². The second kappa shape index (κ2) is 5.63. The van der Waals surface area contributed by atoms with Crippen LogP contribution in [0.25, 0.3) is 10.9 Å². The predicted molar refractivity (Wildman–Crippen MR) is 73.0 cm³/mol. The van der Waals surface area contributed by atoms with Gasteiger partial charge in [-0.1, -0.05) is 31.2 Å². The number of rotatable bonds is 5. The molecule has 18 heavy (non-hydrogen) atoms. The van der Waals surface area contributed by atoms with Crippen molar-refractivity contribution in [1.82, 2.24) is 4.98 Å². The summed E-state index contributed by atoms with van der Waals surface area (Å²) in [5.41, 5.74) is 7.34. The van der Waals surface area contributed by atoms with Crippen LogP contribution in [-0.2, 0) is 11.2 Å². The van der Waals surface area contributed by atoms with Crippen LogP contribution >= 0.6 is 0 Å². The van der Waals surface area contributed by atoms with E-state index in [-0.39, 0.29) is 11.8 Å². The summed E-state index contributed by atoms with van der Waals surface area (Å²) >= 11 is 0. The Bertz CT molecular complexity index is 551. The van der Waals surface area contributed by atoms with Gasteiger partial charge < -0.3 is 5.73 Å². The van der Waals surface area contributed by atoms with Crippen LogP contribution in [0.4, 0.5) is 0 Å². The molecule has 3 heteroatoms. The molecule has 2 aromatic rings. The van der Waals surface area contributed by atoms with Crippen LogP contribution in [-0.4, -0.2) is 10.9 Å². The lowest BCUT2D eigenvalue weighted by atomic mass is 10.0. The standard InChI is InChI=1S/C15H18N2O/c1-11(15(16)18)5-4-7-13-10-9-12-6-2-3-8-14(12)17-13/h2-3,6,8-11H,4-5,7H2,1H3,(H2,16,18). The molecule has 1 amide bonds. The van der Waals surface area contributed by atoms with Crippen LogP contribution in [0.5, 0.6) is 0 Å². The van der Waals surface area contributed by atoms with Crippen molar-refractivity contribution in [3.8, 4) is 0 Å². The van der Waals surface area contributed by atoms with Gasteiger partial charge in [-0.15, -0.1) is 0 Å². The Morgan fingerprint density at radius 1 is 1.28 bits per heavy atom. The minimum atomic E-state index is -0.221. The highest BCUT2D eigenvalue weighted by atomic mass is 16.1. The third kappa shape index (κ3) is 3.06. The van der Waals surface area contributed by atoms with Crippen LogP contribution in [0, 0.1) is 5.92 Å². The second-order valence-corrected chi connectivity index (χ2v) is 4.69. The molecule has 94 valence electrons. The van der Waals surface area contributed by atoms with Gasteiger partial charge in [-0.25, -0.2) is 0 Å². The van der Waals surface area contributed by atoms with Crippen molar-refractivity contribution in [2.45, 2.75) is 26.2 Å². The lowest BCUT2D eigenvalue weighted by Gasteiger charge is -2.06. The number of aromatic nitrogens is 1. The Labute approximate surface area is 107 Å². The maximum absolute atomic E-state index is 10.9. The van der Waals surface area contributed by atoms with Gasteiger partial charge in [0.25, 0.3) is 0 Å². The fourth-order valence-corrected chi connectivity index (χ4v) is 1.98. The molecule has 1 aromatic heterocycles. The molecule has 0 aliphatic rings. The molecule has 0 spiro atoms. The average molecular weight is 242 g/mol. The van der Waals surface area contributed by atoms with Gasteiger partial charge in [0, 0.05) is 17.0 Å². The predicted octanol–water partition coefficient (Wildman–Crippen LogP) is 2.68. The van der Waals surface area contributed by atoms with Crippen LogP contribution in [0.1, 0.15) is 25.5 Å². The molecule has 0 bridgehead atoms. The van der Waals surface area contributed by atoms with Crippen molar-refractivity contribution >= 4 is 16.8 Å². The maximum atomic E-state index is 10.9. The third-order valence-corrected chi connectivity index (χ3v) is 3.21. The van der Waals surface area contributed by atoms with E-state index in [1.807, 2.05) is 25.1 Å². The molecule has 0 radical (unpaired) electrons. The van der Waals surface area contributed by atoms with Crippen LogP contribution in [0.3, 0.4) is 0 Å².